The molecule has 1 saturated carbocycles. The number of nitrogens with zero attached hydrogens (tertiary/aromatic N) is 1. The molecule has 23 heavy (non-hydrogen) atoms. The quantitative estimate of drug-likeness (QED) is 0.823. The zero-order chi connectivity index (χ0) is 16.6. The average molecular weight is 337 g/mol. The summed E-state index contributed by atoms with van der Waals surface area (Å²) in [7, 11) is -1.40. The Labute approximate surface area is 137 Å². The summed E-state index contributed by atoms with van der Waals surface area (Å²) in [4.78, 5) is 14.5. The molecule has 1 amide bonds. The second kappa shape index (κ2) is 6.15. The van der Waals surface area contributed by atoms with Crippen LogP contribution in [0, 0.1) is 11.8 Å². The lowest BCUT2D eigenvalue weighted by Crippen LogP contribution is -2.41. The first kappa shape index (κ1) is 16.3. The molecule has 0 radical (unpaired) electrons. The number of carbonyl (C=O) groups is 1. The fourth-order valence-electron chi connectivity index (χ4n) is 3.21. The molecule has 2 fully saturated rings. The molecule has 0 unspecified atom stereocenters. The summed E-state index contributed by atoms with van der Waals surface area (Å²) >= 11 is 0. The molecule has 1 aliphatic heterocycles. The third-order valence-electron chi connectivity index (χ3n) is 4.87. The van der Waals surface area contributed by atoms with Crippen LogP contribution in [0.5, 0.6) is 5.75 Å². The Morgan fingerprint density at radius 3 is 2.43 bits per heavy atom. The molecular weight excluding hydrogens is 314 g/mol. The van der Waals surface area contributed by atoms with Gasteiger partial charge < -0.3 is 9.64 Å². The van der Waals surface area contributed by atoms with Crippen molar-refractivity contribution in [2.24, 2.45) is 11.8 Å². The van der Waals surface area contributed by atoms with E-state index in [0.717, 1.165) is 17.7 Å². The van der Waals surface area contributed by atoms with Gasteiger partial charge in [-0.15, -0.1) is 0 Å². The van der Waals surface area contributed by atoms with Crippen molar-refractivity contribution in [3.05, 3.63) is 29.8 Å². The van der Waals surface area contributed by atoms with Crippen molar-refractivity contribution in [2.45, 2.75) is 32.4 Å². The van der Waals surface area contributed by atoms with E-state index in [0.29, 0.717) is 18.9 Å². The van der Waals surface area contributed by atoms with Crippen molar-refractivity contribution >= 4 is 15.7 Å². The highest BCUT2D eigenvalue weighted by molar-refractivity contribution is 7.91. The van der Waals surface area contributed by atoms with Crippen molar-refractivity contribution in [1.29, 1.82) is 0 Å². The maximum Gasteiger partial charge on any atom is 0.226 e. The third-order valence-corrected chi connectivity index (χ3v) is 6.62. The van der Waals surface area contributed by atoms with Gasteiger partial charge in [0.1, 0.15) is 5.75 Å². The van der Waals surface area contributed by atoms with Gasteiger partial charge in [0.2, 0.25) is 5.91 Å². The van der Waals surface area contributed by atoms with Crippen molar-refractivity contribution in [3.63, 3.8) is 0 Å². The van der Waals surface area contributed by atoms with Gasteiger partial charge in [-0.3, -0.25) is 4.79 Å². The first-order chi connectivity index (χ1) is 10.9. The molecule has 5 nitrogen and oxygen atoms in total. The molecule has 0 N–H and O–H groups in total. The average Bonchev–Trinajstić information content (AvgIpc) is 3.15. The van der Waals surface area contributed by atoms with E-state index in [9.17, 15) is 13.2 Å². The standard InChI is InChI=1S/C17H23NO4S/c1-12-9-16(12)17(19)18(14-7-8-23(20,21)11-14)10-13-3-5-15(22-2)6-4-13/h3-6,12,14,16H,7-11H2,1-2H3/t12-,14-,16-/m1/s1. The highest BCUT2D eigenvalue weighted by Gasteiger charge is 2.44. The molecule has 1 aromatic rings. The second-order valence-corrected chi connectivity index (χ2v) is 8.92. The van der Waals surface area contributed by atoms with Gasteiger partial charge in [-0.25, -0.2) is 8.42 Å². The zero-order valence-electron chi connectivity index (χ0n) is 13.6. The van der Waals surface area contributed by atoms with Crippen LogP contribution in [0.15, 0.2) is 24.3 Å². The molecular formula is C17H23NO4S. The lowest BCUT2D eigenvalue weighted by atomic mass is 10.1. The van der Waals surface area contributed by atoms with Crippen LogP contribution in [0.3, 0.4) is 0 Å². The van der Waals surface area contributed by atoms with E-state index < -0.39 is 9.84 Å². The lowest BCUT2D eigenvalue weighted by molar-refractivity contribution is -0.135. The molecule has 0 spiro atoms. The van der Waals surface area contributed by atoms with E-state index in [1.165, 1.54) is 0 Å². The summed E-state index contributed by atoms with van der Waals surface area (Å²) in [6.45, 7) is 2.53. The lowest BCUT2D eigenvalue weighted by Gasteiger charge is -2.29. The van der Waals surface area contributed by atoms with Gasteiger partial charge in [0.05, 0.1) is 18.6 Å². The van der Waals surface area contributed by atoms with Crippen molar-refractivity contribution < 1.29 is 17.9 Å². The number of methoxy groups -OCH3 is 1. The second-order valence-electron chi connectivity index (χ2n) is 6.69. The zero-order valence-corrected chi connectivity index (χ0v) is 14.4. The van der Waals surface area contributed by atoms with Crippen LogP contribution in [0.2, 0.25) is 0 Å². The smallest absolute Gasteiger partial charge is 0.226 e. The Bertz CT molecular complexity index is 683. The summed E-state index contributed by atoms with van der Waals surface area (Å²) in [6, 6.07) is 7.40. The number of ether oxygens (including phenoxy) is 1. The number of hydrogen-bond acceptors (Lipinski definition) is 4. The minimum atomic E-state index is -3.01. The molecule has 3 atom stereocenters. The number of amides is 1. The molecule has 3 rings (SSSR count). The number of hydrogen-bond donors (Lipinski definition) is 0. The van der Waals surface area contributed by atoms with Gasteiger partial charge in [0.25, 0.3) is 0 Å². The third kappa shape index (κ3) is 3.68. The maximum atomic E-state index is 12.7. The van der Waals surface area contributed by atoms with E-state index in [1.54, 1.807) is 12.0 Å². The maximum absolute atomic E-state index is 12.7. The van der Waals surface area contributed by atoms with Crippen LogP contribution in [0.25, 0.3) is 0 Å². The van der Waals surface area contributed by atoms with Crippen LogP contribution < -0.4 is 4.74 Å². The van der Waals surface area contributed by atoms with Gasteiger partial charge in [-0.05, 0) is 36.5 Å². The summed E-state index contributed by atoms with van der Waals surface area (Å²) in [5.74, 6) is 1.64. The Morgan fingerprint density at radius 1 is 1.30 bits per heavy atom. The molecule has 1 aliphatic carbocycles. The molecule has 1 heterocycles. The Balaban J connectivity index is 1.78. The largest absolute Gasteiger partial charge is 0.497 e. The van der Waals surface area contributed by atoms with E-state index in [1.807, 2.05) is 24.3 Å². The molecule has 126 valence electrons. The summed E-state index contributed by atoms with van der Waals surface area (Å²) in [6.07, 6.45) is 1.46. The Morgan fingerprint density at radius 2 is 1.96 bits per heavy atom. The Kier molecular flexibility index (Phi) is 4.36. The van der Waals surface area contributed by atoms with E-state index in [4.69, 9.17) is 4.74 Å². The van der Waals surface area contributed by atoms with E-state index >= 15 is 0 Å². The van der Waals surface area contributed by atoms with Crippen LogP contribution >= 0.6 is 0 Å². The SMILES string of the molecule is COc1ccc(CN(C(=O)[C@@H]2C[C@H]2C)[C@@H]2CCS(=O)(=O)C2)cc1. The summed E-state index contributed by atoms with van der Waals surface area (Å²) in [5.41, 5.74) is 0.997. The van der Waals surface area contributed by atoms with E-state index in [2.05, 4.69) is 6.92 Å². The van der Waals surface area contributed by atoms with E-state index in [-0.39, 0.29) is 29.4 Å². The number of benzene rings is 1. The normalized spacial score (nSPS) is 28.3. The highest BCUT2D eigenvalue weighted by atomic mass is 32.2. The van der Waals surface area contributed by atoms with Crippen LogP contribution in [-0.2, 0) is 21.2 Å². The predicted molar refractivity (Wildman–Crippen MR) is 87.9 cm³/mol. The molecule has 1 aromatic carbocycles. The van der Waals surface area contributed by atoms with Crippen molar-refractivity contribution in [2.75, 3.05) is 18.6 Å². The van der Waals surface area contributed by atoms with Crippen LogP contribution in [0.4, 0.5) is 0 Å². The highest BCUT2D eigenvalue weighted by Crippen LogP contribution is 2.40. The fraction of sp³-hybridized carbons (Fsp3) is 0.588. The summed E-state index contributed by atoms with van der Waals surface area (Å²) in [5, 5.41) is 0. The number of carbonyl (C=O) groups excluding carboxylic acids is 1. The van der Waals surface area contributed by atoms with Crippen molar-refractivity contribution in [1.82, 2.24) is 4.90 Å². The number of sulfone groups is 1. The topological polar surface area (TPSA) is 63.7 Å². The molecule has 0 bridgehead atoms. The molecule has 1 saturated heterocycles. The van der Waals surface area contributed by atoms with Gasteiger partial charge in [-0.2, -0.15) is 0 Å². The first-order valence-electron chi connectivity index (χ1n) is 8.03. The minimum absolute atomic E-state index is 0.0663. The van der Waals surface area contributed by atoms with Crippen molar-refractivity contribution in [3.8, 4) is 5.75 Å². The van der Waals surface area contributed by atoms with Gasteiger partial charge in [0.15, 0.2) is 9.84 Å². The first-order valence-corrected chi connectivity index (χ1v) is 9.85. The van der Waals surface area contributed by atoms with Gasteiger partial charge in [-0.1, -0.05) is 19.1 Å². The van der Waals surface area contributed by atoms with Gasteiger partial charge >= 0.3 is 0 Å². The fourth-order valence-corrected chi connectivity index (χ4v) is 4.95. The number of rotatable bonds is 5. The Hall–Kier alpha value is -1.56. The molecule has 2 aliphatic rings. The predicted octanol–water partition coefficient (Wildman–Crippen LogP) is 1.87. The molecule has 6 heteroatoms. The molecule has 0 aromatic heterocycles. The van der Waals surface area contributed by atoms with Gasteiger partial charge in [0, 0.05) is 18.5 Å². The van der Waals surface area contributed by atoms with Crippen LogP contribution in [0.1, 0.15) is 25.3 Å². The minimum Gasteiger partial charge on any atom is -0.497 e. The monoisotopic (exact) mass is 337 g/mol. The van der Waals surface area contributed by atoms with Crippen LogP contribution in [-0.4, -0.2) is 43.9 Å². The summed E-state index contributed by atoms with van der Waals surface area (Å²) < 4.78 is 28.7.